The molecule has 0 bridgehead atoms. The van der Waals surface area contributed by atoms with Gasteiger partial charge in [0.05, 0.1) is 22.8 Å². The first kappa shape index (κ1) is 22.7. The fraction of sp³-hybridized carbons (Fsp3) is 0.652. The van der Waals surface area contributed by atoms with Crippen molar-refractivity contribution in [2.75, 3.05) is 0 Å². The molecule has 2 fully saturated rings. The van der Waals surface area contributed by atoms with Crippen LogP contribution in [0, 0.1) is 5.92 Å². The molecule has 2 aliphatic rings. The van der Waals surface area contributed by atoms with E-state index in [9.17, 15) is 24.9 Å². The lowest BCUT2D eigenvalue weighted by Crippen LogP contribution is -2.51. The molecule has 2 heterocycles. The fourth-order valence-electron chi connectivity index (χ4n) is 4.66. The number of Topliss-reactive ketones (excluding diaryl/α,β-unsaturated/α-hetero) is 1. The second-order valence-electron chi connectivity index (χ2n) is 9.13. The Bertz CT molecular complexity index is 833. The number of aliphatic hydroxyl groups excluding tert-OH is 1. The predicted molar refractivity (Wildman–Crippen MR) is 110 cm³/mol. The van der Waals surface area contributed by atoms with Gasteiger partial charge in [0.25, 0.3) is 0 Å². The fourth-order valence-corrected chi connectivity index (χ4v) is 4.66. The van der Waals surface area contributed by atoms with E-state index in [2.05, 4.69) is 0 Å². The first-order chi connectivity index (χ1) is 14.1. The number of ether oxygens (including phenoxy) is 2. The van der Waals surface area contributed by atoms with Gasteiger partial charge >= 0.3 is 0 Å². The number of carbonyl (C=O) groups excluding carboxylic acids is 2. The lowest BCUT2D eigenvalue weighted by Gasteiger charge is -2.42. The van der Waals surface area contributed by atoms with Crippen LogP contribution in [0.2, 0.25) is 0 Å². The Morgan fingerprint density at radius 2 is 1.93 bits per heavy atom. The molecule has 3 rings (SSSR count). The second kappa shape index (κ2) is 8.29. The van der Waals surface area contributed by atoms with Crippen molar-refractivity contribution in [2.24, 2.45) is 5.92 Å². The van der Waals surface area contributed by atoms with Crippen LogP contribution in [-0.4, -0.2) is 51.0 Å². The van der Waals surface area contributed by atoms with E-state index in [-0.39, 0.29) is 41.1 Å². The van der Waals surface area contributed by atoms with Gasteiger partial charge in [-0.15, -0.1) is 0 Å². The lowest BCUT2D eigenvalue weighted by molar-refractivity contribution is -0.245. The summed E-state index contributed by atoms with van der Waals surface area (Å²) in [6.07, 6.45) is 2.04. The SMILES string of the molecule is CCCC1(CC(=O)c2cc(CC(C)C)c(O)c(C=O)c2O)CCC2(OC2C)C(O)O1. The third kappa shape index (κ3) is 3.98. The van der Waals surface area contributed by atoms with Crippen LogP contribution >= 0.6 is 0 Å². The summed E-state index contributed by atoms with van der Waals surface area (Å²) in [5.41, 5.74) is -1.39. The molecule has 0 radical (unpaired) electrons. The molecule has 2 saturated heterocycles. The number of phenols is 2. The van der Waals surface area contributed by atoms with Crippen LogP contribution in [0.25, 0.3) is 0 Å². The zero-order valence-corrected chi connectivity index (χ0v) is 18.1. The van der Waals surface area contributed by atoms with Gasteiger partial charge in [0.2, 0.25) is 0 Å². The summed E-state index contributed by atoms with van der Waals surface area (Å²) in [6, 6.07) is 1.46. The van der Waals surface area contributed by atoms with Crippen molar-refractivity contribution in [1.82, 2.24) is 0 Å². The lowest BCUT2D eigenvalue weighted by atomic mass is 9.79. The Kier molecular flexibility index (Phi) is 6.28. The largest absolute Gasteiger partial charge is 0.507 e. The Morgan fingerprint density at radius 1 is 1.27 bits per heavy atom. The van der Waals surface area contributed by atoms with Crippen molar-refractivity contribution in [3.05, 3.63) is 22.8 Å². The highest BCUT2D eigenvalue weighted by Gasteiger charge is 2.64. The third-order valence-corrected chi connectivity index (χ3v) is 6.40. The van der Waals surface area contributed by atoms with Crippen molar-refractivity contribution >= 4 is 12.1 Å². The van der Waals surface area contributed by atoms with Gasteiger partial charge in [-0.25, -0.2) is 0 Å². The monoisotopic (exact) mass is 420 g/mol. The van der Waals surface area contributed by atoms with E-state index in [1.807, 2.05) is 27.7 Å². The van der Waals surface area contributed by atoms with Crippen molar-refractivity contribution in [3.63, 3.8) is 0 Å². The standard InChI is InChI=1S/C23H32O7/c1-5-6-22(7-8-23(14(4)29-23)21(28)30-22)11-18(25)16-10-15(9-13(2)3)19(26)17(12-24)20(16)27/h10,12-14,21,26-28H,5-9,11H2,1-4H3. The van der Waals surface area contributed by atoms with E-state index in [0.29, 0.717) is 37.5 Å². The van der Waals surface area contributed by atoms with Crippen LogP contribution in [0.15, 0.2) is 6.07 Å². The molecule has 0 aromatic heterocycles. The van der Waals surface area contributed by atoms with Gasteiger partial charge in [-0.2, -0.15) is 0 Å². The zero-order chi connectivity index (χ0) is 22.3. The highest BCUT2D eigenvalue weighted by Crippen LogP contribution is 2.52. The summed E-state index contributed by atoms with van der Waals surface area (Å²) < 4.78 is 11.5. The topological polar surface area (TPSA) is 117 Å². The summed E-state index contributed by atoms with van der Waals surface area (Å²) in [4.78, 5) is 24.7. The number of aliphatic hydroxyl groups is 1. The summed E-state index contributed by atoms with van der Waals surface area (Å²) >= 11 is 0. The quantitative estimate of drug-likeness (QED) is 0.335. The smallest absolute Gasteiger partial charge is 0.187 e. The van der Waals surface area contributed by atoms with Crippen molar-refractivity contribution < 1.29 is 34.4 Å². The Hall–Kier alpha value is -1.96. The molecule has 7 nitrogen and oxygen atoms in total. The molecule has 7 heteroatoms. The van der Waals surface area contributed by atoms with Crippen LogP contribution in [-0.2, 0) is 15.9 Å². The van der Waals surface area contributed by atoms with Crippen molar-refractivity contribution in [3.8, 4) is 11.5 Å². The number of ketones is 1. The highest BCUT2D eigenvalue weighted by atomic mass is 16.7. The molecule has 3 N–H and O–H groups in total. The molecule has 4 atom stereocenters. The first-order valence-corrected chi connectivity index (χ1v) is 10.7. The Labute approximate surface area is 177 Å². The zero-order valence-electron chi connectivity index (χ0n) is 18.1. The van der Waals surface area contributed by atoms with E-state index < -0.39 is 23.2 Å². The molecule has 1 aromatic rings. The molecule has 0 amide bonds. The molecule has 2 aliphatic heterocycles. The summed E-state index contributed by atoms with van der Waals surface area (Å²) in [5.74, 6) is -1.01. The number of phenolic OH excluding ortho intramolecular Hbond substituents is 2. The van der Waals surface area contributed by atoms with Crippen LogP contribution in [0.5, 0.6) is 11.5 Å². The molecular formula is C23H32O7. The van der Waals surface area contributed by atoms with E-state index in [4.69, 9.17) is 9.47 Å². The number of aldehydes is 1. The van der Waals surface area contributed by atoms with Gasteiger partial charge in [0.1, 0.15) is 17.1 Å². The van der Waals surface area contributed by atoms with Crippen LogP contribution in [0.3, 0.4) is 0 Å². The predicted octanol–water partition coefficient (Wildman–Crippen LogP) is 3.51. The van der Waals surface area contributed by atoms with Crippen LogP contribution < -0.4 is 0 Å². The maximum absolute atomic E-state index is 13.2. The number of hydrogen-bond acceptors (Lipinski definition) is 7. The van der Waals surface area contributed by atoms with Gasteiger partial charge < -0.3 is 24.8 Å². The maximum atomic E-state index is 13.2. The normalized spacial score (nSPS) is 30.6. The molecule has 166 valence electrons. The van der Waals surface area contributed by atoms with Crippen LogP contribution in [0.4, 0.5) is 0 Å². The van der Waals surface area contributed by atoms with Crippen molar-refractivity contribution in [2.45, 2.75) is 89.8 Å². The minimum Gasteiger partial charge on any atom is -0.507 e. The minimum atomic E-state index is -1.11. The van der Waals surface area contributed by atoms with Gasteiger partial charge in [0, 0.05) is 6.42 Å². The summed E-state index contributed by atoms with van der Waals surface area (Å²) in [7, 11) is 0. The number of hydrogen-bond donors (Lipinski definition) is 3. The van der Waals surface area contributed by atoms with Crippen LogP contribution in [0.1, 0.15) is 86.1 Å². The number of aromatic hydroxyl groups is 2. The minimum absolute atomic E-state index is 0.00422. The molecule has 0 aliphatic carbocycles. The van der Waals surface area contributed by atoms with Crippen molar-refractivity contribution in [1.29, 1.82) is 0 Å². The van der Waals surface area contributed by atoms with E-state index >= 15 is 0 Å². The van der Waals surface area contributed by atoms with Gasteiger partial charge in [-0.05, 0) is 50.2 Å². The van der Waals surface area contributed by atoms with Gasteiger partial charge in [0.15, 0.2) is 18.4 Å². The highest BCUT2D eigenvalue weighted by molar-refractivity contribution is 6.02. The number of rotatable bonds is 8. The summed E-state index contributed by atoms with van der Waals surface area (Å²) in [6.45, 7) is 7.78. The second-order valence-corrected chi connectivity index (χ2v) is 9.13. The average molecular weight is 421 g/mol. The van der Waals surface area contributed by atoms with E-state index in [1.54, 1.807) is 0 Å². The van der Waals surface area contributed by atoms with Gasteiger partial charge in [-0.1, -0.05) is 27.2 Å². The molecule has 4 unspecified atom stereocenters. The Balaban J connectivity index is 1.90. The maximum Gasteiger partial charge on any atom is 0.187 e. The third-order valence-electron chi connectivity index (χ3n) is 6.40. The first-order valence-electron chi connectivity index (χ1n) is 10.7. The molecule has 0 saturated carbocycles. The number of carbonyl (C=O) groups is 2. The summed E-state index contributed by atoms with van der Waals surface area (Å²) in [5, 5.41) is 31.4. The average Bonchev–Trinajstić information content (AvgIpc) is 3.32. The molecular weight excluding hydrogens is 388 g/mol. The molecule has 1 aromatic carbocycles. The van der Waals surface area contributed by atoms with Gasteiger partial charge in [-0.3, -0.25) is 9.59 Å². The molecule has 30 heavy (non-hydrogen) atoms. The number of benzene rings is 1. The molecule has 1 spiro atoms. The van der Waals surface area contributed by atoms with E-state index in [1.165, 1.54) is 6.07 Å². The van der Waals surface area contributed by atoms with E-state index in [0.717, 1.165) is 6.42 Å². The number of epoxide rings is 1. The Morgan fingerprint density at radius 3 is 2.43 bits per heavy atom.